The Kier molecular flexibility index (Phi) is 4.10. The molecule has 7 heteroatoms. The molecule has 2 aliphatic rings. The van der Waals surface area contributed by atoms with E-state index in [0.29, 0.717) is 16.3 Å². The summed E-state index contributed by atoms with van der Waals surface area (Å²) in [7, 11) is -3.68. The molecule has 1 aromatic rings. The summed E-state index contributed by atoms with van der Waals surface area (Å²) < 4.78 is 28.6. The van der Waals surface area contributed by atoms with Crippen LogP contribution in [0.5, 0.6) is 0 Å². The third kappa shape index (κ3) is 3.17. The van der Waals surface area contributed by atoms with E-state index in [1.165, 1.54) is 0 Å². The van der Waals surface area contributed by atoms with E-state index in [9.17, 15) is 8.42 Å². The zero-order valence-corrected chi connectivity index (χ0v) is 14.5. The molecule has 0 bridgehead atoms. The van der Waals surface area contributed by atoms with Crippen LogP contribution in [-0.2, 0) is 10.0 Å². The zero-order valence-electron chi connectivity index (χ0n) is 10.6. The number of hydrogen-bond donors (Lipinski definition) is 1. The molecule has 1 N–H and O–H groups in total. The number of halogens is 3. The third-order valence-corrected chi connectivity index (χ3v) is 6.62. The molecule has 1 aromatic carbocycles. The smallest absolute Gasteiger partial charge is 0.207 e. The molecule has 0 aliphatic heterocycles. The molecule has 0 heterocycles. The van der Waals surface area contributed by atoms with Gasteiger partial charge in [-0.15, -0.1) is 0 Å². The average Bonchev–Trinajstić information content (AvgIpc) is 3.18. The van der Waals surface area contributed by atoms with Gasteiger partial charge in [-0.2, -0.15) is 0 Å². The Morgan fingerprint density at radius 3 is 1.95 bits per heavy atom. The fraction of sp³-hybridized carbons (Fsp3) is 0.538. The summed E-state index contributed by atoms with van der Waals surface area (Å²) in [5.41, 5.74) is 0. The fourth-order valence-electron chi connectivity index (χ4n) is 2.51. The highest BCUT2D eigenvalue weighted by Gasteiger charge is 2.44. The summed E-state index contributed by atoms with van der Waals surface area (Å²) in [5.74, 6) is 0.954. The highest BCUT2D eigenvalue weighted by atomic mass is 79.9. The topological polar surface area (TPSA) is 46.2 Å². The van der Waals surface area contributed by atoms with E-state index < -0.39 is 10.0 Å². The van der Waals surface area contributed by atoms with Gasteiger partial charge in [-0.3, -0.25) is 0 Å². The van der Waals surface area contributed by atoms with Gasteiger partial charge < -0.3 is 0 Å². The van der Waals surface area contributed by atoms with Crippen molar-refractivity contribution in [1.82, 2.24) is 4.72 Å². The Labute approximate surface area is 137 Å². The molecule has 0 spiro atoms. The lowest BCUT2D eigenvalue weighted by Gasteiger charge is -2.19. The van der Waals surface area contributed by atoms with Crippen molar-refractivity contribution in [3.63, 3.8) is 0 Å². The second-order valence-electron chi connectivity index (χ2n) is 5.52. The molecule has 0 atom stereocenters. The lowest BCUT2D eigenvalue weighted by Crippen LogP contribution is -2.38. The van der Waals surface area contributed by atoms with E-state index in [-0.39, 0.29) is 21.0 Å². The Balaban J connectivity index is 1.91. The van der Waals surface area contributed by atoms with E-state index in [0.717, 1.165) is 25.7 Å². The molecule has 0 aromatic heterocycles. The first-order valence-corrected chi connectivity index (χ1v) is 9.58. The van der Waals surface area contributed by atoms with Gasteiger partial charge in [0, 0.05) is 10.5 Å². The number of hydrogen-bond acceptors (Lipinski definition) is 2. The van der Waals surface area contributed by atoms with Gasteiger partial charge >= 0.3 is 0 Å². The second-order valence-corrected chi connectivity index (χ2v) is 8.90. The van der Waals surface area contributed by atoms with Crippen LogP contribution in [0.25, 0.3) is 0 Å². The average molecular weight is 399 g/mol. The predicted octanol–water partition coefficient (Wildman–Crippen LogP) is 4.22. The lowest BCUT2D eigenvalue weighted by molar-refractivity contribution is 0.471. The van der Waals surface area contributed by atoms with Gasteiger partial charge in [0.25, 0.3) is 0 Å². The summed E-state index contributed by atoms with van der Waals surface area (Å²) in [4.78, 5) is -0.0182. The zero-order chi connectivity index (χ0) is 14.5. The lowest BCUT2D eigenvalue weighted by atomic mass is 10.1. The van der Waals surface area contributed by atoms with Crippen molar-refractivity contribution in [3.8, 4) is 0 Å². The maximum absolute atomic E-state index is 12.6. The summed E-state index contributed by atoms with van der Waals surface area (Å²) in [6.07, 6.45) is 4.41. The summed E-state index contributed by atoms with van der Waals surface area (Å²) in [6.45, 7) is 0. The van der Waals surface area contributed by atoms with Crippen LogP contribution in [0.2, 0.25) is 10.0 Å². The van der Waals surface area contributed by atoms with Gasteiger partial charge in [0.2, 0.25) is 10.0 Å². The van der Waals surface area contributed by atoms with E-state index in [4.69, 9.17) is 23.2 Å². The summed E-state index contributed by atoms with van der Waals surface area (Å²) in [6, 6.07) is 3.13. The molecular weight excluding hydrogens is 385 g/mol. The van der Waals surface area contributed by atoms with Crippen molar-refractivity contribution in [3.05, 3.63) is 26.7 Å². The van der Waals surface area contributed by atoms with Gasteiger partial charge in [-0.25, -0.2) is 13.1 Å². The predicted molar refractivity (Wildman–Crippen MR) is 83.7 cm³/mol. The summed E-state index contributed by atoms with van der Waals surface area (Å²) >= 11 is 15.4. The van der Waals surface area contributed by atoms with Crippen LogP contribution >= 0.6 is 39.1 Å². The Bertz CT molecular complexity index is 607. The number of rotatable bonds is 5. The minimum atomic E-state index is -3.68. The Morgan fingerprint density at radius 2 is 1.55 bits per heavy atom. The van der Waals surface area contributed by atoms with Crippen molar-refractivity contribution in [2.75, 3.05) is 0 Å². The SMILES string of the molecule is O=S(=O)(NC(C1CC1)C1CC1)c1c(Cl)cc(Br)cc1Cl. The molecule has 20 heavy (non-hydrogen) atoms. The first kappa shape index (κ1) is 15.1. The fourth-order valence-corrected chi connectivity index (χ4v) is 5.82. The first-order valence-electron chi connectivity index (χ1n) is 6.55. The molecular formula is C13H14BrCl2NO2S. The molecule has 2 fully saturated rings. The molecule has 0 radical (unpaired) electrons. The number of benzene rings is 1. The van der Waals surface area contributed by atoms with Crippen molar-refractivity contribution >= 4 is 49.2 Å². The second kappa shape index (κ2) is 5.43. The van der Waals surface area contributed by atoms with E-state index in [2.05, 4.69) is 20.7 Å². The molecule has 3 rings (SSSR count). The Morgan fingerprint density at radius 1 is 1.10 bits per heavy atom. The maximum atomic E-state index is 12.6. The minimum absolute atomic E-state index is 0.0182. The van der Waals surface area contributed by atoms with E-state index >= 15 is 0 Å². The highest BCUT2D eigenvalue weighted by Crippen LogP contribution is 2.45. The van der Waals surface area contributed by atoms with Gasteiger partial charge in [-0.1, -0.05) is 39.1 Å². The van der Waals surface area contributed by atoms with Crippen LogP contribution in [0.4, 0.5) is 0 Å². The molecule has 2 aliphatic carbocycles. The van der Waals surface area contributed by atoms with E-state index in [1.807, 2.05) is 0 Å². The quantitative estimate of drug-likeness (QED) is 0.806. The van der Waals surface area contributed by atoms with Crippen LogP contribution in [0.1, 0.15) is 25.7 Å². The standard InChI is InChI=1S/C13H14BrCl2NO2S/c14-9-5-10(15)13(11(16)6-9)20(18,19)17-12(7-1-2-7)8-3-4-8/h5-8,12,17H,1-4H2. The van der Waals surface area contributed by atoms with E-state index in [1.54, 1.807) is 12.1 Å². The van der Waals surface area contributed by atoms with Crippen LogP contribution in [0, 0.1) is 11.8 Å². The van der Waals surface area contributed by atoms with Crippen LogP contribution < -0.4 is 4.72 Å². The van der Waals surface area contributed by atoms with Crippen molar-refractivity contribution in [1.29, 1.82) is 0 Å². The number of nitrogens with one attached hydrogen (secondary N) is 1. The van der Waals surface area contributed by atoms with Gasteiger partial charge in [-0.05, 0) is 49.7 Å². The van der Waals surface area contributed by atoms with Crippen molar-refractivity contribution < 1.29 is 8.42 Å². The van der Waals surface area contributed by atoms with Gasteiger partial charge in [0.05, 0.1) is 10.0 Å². The largest absolute Gasteiger partial charge is 0.243 e. The Hall–Kier alpha value is 0.190. The maximum Gasteiger partial charge on any atom is 0.243 e. The molecule has 2 saturated carbocycles. The molecule has 0 unspecified atom stereocenters. The molecule has 3 nitrogen and oxygen atoms in total. The number of sulfonamides is 1. The normalized spacial score (nSPS) is 19.6. The minimum Gasteiger partial charge on any atom is -0.207 e. The molecule has 0 saturated heterocycles. The monoisotopic (exact) mass is 397 g/mol. The third-order valence-electron chi connectivity index (χ3n) is 3.78. The summed E-state index contributed by atoms with van der Waals surface area (Å²) in [5, 5.41) is 0.282. The van der Waals surface area contributed by atoms with Crippen LogP contribution in [-0.4, -0.2) is 14.5 Å². The first-order chi connectivity index (χ1) is 9.38. The van der Waals surface area contributed by atoms with Crippen molar-refractivity contribution in [2.45, 2.75) is 36.6 Å². The van der Waals surface area contributed by atoms with Crippen LogP contribution in [0.15, 0.2) is 21.5 Å². The highest BCUT2D eigenvalue weighted by molar-refractivity contribution is 9.10. The molecule has 110 valence electrons. The van der Waals surface area contributed by atoms with Crippen molar-refractivity contribution in [2.24, 2.45) is 11.8 Å². The molecule has 0 amide bonds. The van der Waals surface area contributed by atoms with Gasteiger partial charge in [0.1, 0.15) is 4.90 Å². The van der Waals surface area contributed by atoms with Crippen LogP contribution in [0.3, 0.4) is 0 Å². The van der Waals surface area contributed by atoms with Gasteiger partial charge in [0.15, 0.2) is 0 Å².